The molecular formula is H16O10S. The van der Waals surface area contributed by atoms with E-state index in [1.807, 2.05) is 0 Å². The Morgan fingerprint density at radius 1 is 0.636 bits per heavy atom. The van der Waals surface area contributed by atoms with Crippen molar-refractivity contribution >= 4 is 11.4 Å². The first-order valence-electron chi connectivity index (χ1n) is 0.532. The van der Waals surface area contributed by atoms with Gasteiger partial charge >= 0.3 is 0 Å². The van der Waals surface area contributed by atoms with Gasteiger partial charge in [0.1, 0.15) is 0 Å². The van der Waals surface area contributed by atoms with Crippen LogP contribution in [-0.2, 0) is 11.4 Å². The van der Waals surface area contributed by atoms with Crippen molar-refractivity contribution in [2.75, 3.05) is 0 Å². The van der Waals surface area contributed by atoms with Crippen molar-refractivity contribution in [3.05, 3.63) is 0 Å². The maximum atomic E-state index is 8.67. The zero-order chi connectivity index (χ0) is 3.58. The van der Waals surface area contributed by atoms with E-state index in [-0.39, 0.29) is 38.3 Å². The molecule has 0 atom stereocenters. The Labute approximate surface area is 64.1 Å². The van der Waals surface area contributed by atoms with Crippen LogP contribution >= 0.6 is 0 Å². The lowest BCUT2D eigenvalue weighted by atomic mass is 15.8. The van der Waals surface area contributed by atoms with E-state index in [2.05, 4.69) is 0 Å². The van der Waals surface area contributed by atoms with Gasteiger partial charge in [-0.3, -0.25) is 9.11 Å². The lowest BCUT2D eigenvalue weighted by Crippen LogP contribution is -1.74. The van der Waals surface area contributed by atoms with Crippen molar-refractivity contribution in [1.82, 2.24) is 0 Å². The highest BCUT2D eigenvalue weighted by atomic mass is 32.2. The molecule has 0 spiro atoms. The Morgan fingerprint density at radius 3 is 0.636 bits per heavy atom. The Balaban J connectivity index is -0.00000000214. The second-order valence-corrected chi connectivity index (χ2v) is 0.692. The molecule has 82 valence electrons. The van der Waals surface area contributed by atoms with Crippen LogP contribution in [0.3, 0.4) is 0 Å². The SMILES string of the molecule is O.O.O.O.O.O.O.O=S(O)O. The summed E-state index contributed by atoms with van der Waals surface area (Å²) in [5, 5.41) is 0. The van der Waals surface area contributed by atoms with Crippen LogP contribution in [0.4, 0.5) is 0 Å². The van der Waals surface area contributed by atoms with E-state index < -0.39 is 11.4 Å². The van der Waals surface area contributed by atoms with Crippen LogP contribution in [0.1, 0.15) is 0 Å². The molecule has 11 heavy (non-hydrogen) atoms. The summed E-state index contributed by atoms with van der Waals surface area (Å²) in [6, 6.07) is 0. The molecule has 0 saturated heterocycles. The molecule has 0 rings (SSSR count). The summed E-state index contributed by atoms with van der Waals surface area (Å²) in [4.78, 5) is 0. The van der Waals surface area contributed by atoms with Crippen LogP contribution < -0.4 is 0 Å². The van der Waals surface area contributed by atoms with E-state index in [9.17, 15) is 0 Å². The minimum Gasteiger partial charge on any atom is -0.412 e. The molecule has 0 aliphatic carbocycles. The summed E-state index contributed by atoms with van der Waals surface area (Å²) in [6.07, 6.45) is 0. The summed E-state index contributed by atoms with van der Waals surface area (Å²) in [5.41, 5.74) is 0. The van der Waals surface area contributed by atoms with Gasteiger partial charge in [-0.15, -0.1) is 0 Å². The molecule has 0 saturated carbocycles. The first-order valence-corrected chi connectivity index (χ1v) is 1.60. The minimum atomic E-state index is -2.61. The molecule has 0 bridgehead atoms. The molecule has 0 aliphatic rings. The molecule has 10 nitrogen and oxygen atoms in total. The van der Waals surface area contributed by atoms with E-state index in [1.54, 1.807) is 0 Å². The molecule has 0 radical (unpaired) electrons. The topological polar surface area (TPSA) is 278 Å². The summed E-state index contributed by atoms with van der Waals surface area (Å²) in [5.74, 6) is 0. The average molecular weight is 208 g/mol. The Morgan fingerprint density at radius 2 is 0.636 bits per heavy atom. The molecule has 0 aromatic carbocycles. The van der Waals surface area contributed by atoms with Crippen molar-refractivity contribution in [3.63, 3.8) is 0 Å². The highest BCUT2D eigenvalue weighted by Gasteiger charge is 1.62. The number of hydrogen-bond donors (Lipinski definition) is 2. The standard InChI is InChI=1S/H2O3S.7H2O/c1-4(2)3;;;;;;;/h(H2,1,2,3);7*1H2. The number of rotatable bonds is 0. The molecule has 0 heterocycles. The third-order valence-electron chi connectivity index (χ3n) is 0. The van der Waals surface area contributed by atoms with E-state index >= 15 is 0 Å². The van der Waals surface area contributed by atoms with Crippen LogP contribution in [0, 0.1) is 0 Å². The van der Waals surface area contributed by atoms with Gasteiger partial charge in [0, 0.05) is 0 Å². The minimum absolute atomic E-state index is 0. The highest BCUT2D eigenvalue weighted by molar-refractivity contribution is 7.73. The van der Waals surface area contributed by atoms with E-state index in [0.29, 0.717) is 0 Å². The quantitative estimate of drug-likeness (QED) is 0.367. The van der Waals surface area contributed by atoms with E-state index in [4.69, 9.17) is 13.3 Å². The van der Waals surface area contributed by atoms with Crippen LogP contribution in [0.5, 0.6) is 0 Å². The second-order valence-electron chi connectivity index (χ2n) is 0.231. The fourth-order valence-electron chi connectivity index (χ4n) is 0. The first kappa shape index (κ1) is 133. The van der Waals surface area contributed by atoms with Gasteiger partial charge in [0.05, 0.1) is 0 Å². The van der Waals surface area contributed by atoms with Crippen LogP contribution in [0.25, 0.3) is 0 Å². The fraction of sp³-hybridized carbons (Fsp3) is 0. The molecular weight excluding hydrogens is 192 g/mol. The lowest BCUT2D eigenvalue weighted by Gasteiger charge is -1.59. The van der Waals surface area contributed by atoms with Gasteiger partial charge in [-0.05, 0) is 0 Å². The molecule has 0 aromatic rings. The fourth-order valence-corrected chi connectivity index (χ4v) is 0. The maximum Gasteiger partial charge on any atom is 0.299 e. The van der Waals surface area contributed by atoms with Crippen LogP contribution in [0.2, 0.25) is 0 Å². The van der Waals surface area contributed by atoms with Gasteiger partial charge in [0.15, 0.2) is 0 Å². The monoisotopic (exact) mass is 208 g/mol. The average Bonchev–Trinajstić information content (AvgIpc) is 0.811. The second kappa shape index (κ2) is 97.2. The third-order valence-corrected chi connectivity index (χ3v) is 0. The first-order chi connectivity index (χ1) is 1.73. The number of hydrogen-bond acceptors (Lipinski definition) is 1. The van der Waals surface area contributed by atoms with Gasteiger partial charge in [-0.25, -0.2) is 0 Å². The Kier molecular flexibility index (Phi) is 1170. The lowest BCUT2D eigenvalue weighted by molar-refractivity contribution is 0.454. The predicted octanol–water partition coefficient (Wildman–Crippen LogP) is -6.09. The van der Waals surface area contributed by atoms with Crippen molar-refractivity contribution in [2.45, 2.75) is 0 Å². The smallest absolute Gasteiger partial charge is 0.299 e. The van der Waals surface area contributed by atoms with Crippen molar-refractivity contribution < 1.29 is 51.6 Å². The zero-order valence-electron chi connectivity index (χ0n) is 5.21. The highest BCUT2D eigenvalue weighted by Crippen LogP contribution is 1.44. The maximum absolute atomic E-state index is 8.67. The van der Waals surface area contributed by atoms with Crippen molar-refractivity contribution in [1.29, 1.82) is 0 Å². The van der Waals surface area contributed by atoms with Gasteiger partial charge in [-0.2, -0.15) is 4.21 Å². The summed E-state index contributed by atoms with van der Waals surface area (Å²) < 4.78 is 22.8. The van der Waals surface area contributed by atoms with Gasteiger partial charge in [0.2, 0.25) is 0 Å². The largest absolute Gasteiger partial charge is 0.412 e. The Bertz CT molecular complexity index is 27.9. The molecule has 0 amide bonds. The normalized spacial score (nSPS) is 3.18. The molecule has 11 heteroatoms. The zero-order valence-corrected chi connectivity index (χ0v) is 6.03. The molecule has 0 aliphatic heterocycles. The van der Waals surface area contributed by atoms with Crippen LogP contribution in [-0.4, -0.2) is 51.6 Å². The van der Waals surface area contributed by atoms with Gasteiger partial charge < -0.3 is 38.3 Å². The molecule has 0 unspecified atom stereocenters. The van der Waals surface area contributed by atoms with E-state index in [0.717, 1.165) is 0 Å². The van der Waals surface area contributed by atoms with Crippen LogP contribution in [0.15, 0.2) is 0 Å². The summed E-state index contributed by atoms with van der Waals surface area (Å²) >= 11 is -2.61. The summed E-state index contributed by atoms with van der Waals surface area (Å²) in [7, 11) is 0. The Hall–Kier alpha value is -0.210. The van der Waals surface area contributed by atoms with Gasteiger partial charge in [0.25, 0.3) is 11.4 Å². The van der Waals surface area contributed by atoms with E-state index in [1.165, 1.54) is 0 Å². The van der Waals surface area contributed by atoms with Crippen molar-refractivity contribution in [3.8, 4) is 0 Å². The van der Waals surface area contributed by atoms with Crippen molar-refractivity contribution in [2.24, 2.45) is 0 Å². The predicted molar refractivity (Wildman–Crippen MR) is 38.7 cm³/mol. The molecule has 0 aromatic heterocycles. The molecule has 0 fully saturated rings. The summed E-state index contributed by atoms with van der Waals surface area (Å²) in [6.45, 7) is 0. The third kappa shape index (κ3) is 13500. The molecule has 16 N–H and O–H groups in total. The van der Waals surface area contributed by atoms with Gasteiger partial charge in [-0.1, -0.05) is 0 Å².